The van der Waals surface area contributed by atoms with Gasteiger partial charge in [-0.25, -0.2) is 0 Å². The third kappa shape index (κ3) is 1.13. The second-order valence-electron chi connectivity index (χ2n) is 2.17. The lowest BCUT2D eigenvalue weighted by Gasteiger charge is -2.01. The predicted octanol–water partition coefficient (Wildman–Crippen LogP) is -0.0331. The highest BCUT2D eigenvalue weighted by atomic mass is 35.5. The van der Waals surface area contributed by atoms with Crippen molar-refractivity contribution >= 4 is 11.6 Å². The van der Waals surface area contributed by atoms with Gasteiger partial charge in [-0.15, -0.1) is 11.6 Å². The van der Waals surface area contributed by atoms with Crippen LogP contribution in [0.3, 0.4) is 0 Å². The molecule has 2 N–H and O–H groups in total. The zero-order valence-corrected chi connectivity index (χ0v) is 5.17. The van der Waals surface area contributed by atoms with Gasteiger partial charge in [0.25, 0.3) is 0 Å². The molecule has 1 fully saturated rings. The maximum absolute atomic E-state index is 8.83. The molecule has 0 saturated heterocycles. The molecule has 0 spiro atoms. The molecule has 0 unspecified atom stereocenters. The Hall–Kier alpha value is 0.210. The fourth-order valence-corrected chi connectivity index (χ4v) is 1.09. The maximum Gasteiger partial charge on any atom is 0.0813 e. The largest absolute Gasteiger partial charge is 0.394 e. The molecule has 3 atom stereocenters. The van der Waals surface area contributed by atoms with E-state index in [1.165, 1.54) is 0 Å². The monoisotopic (exact) mass is 136 g/mol. The Morgan fingerprint density at radius 2 is 2.25 bits per heavy atom. The summed E-state index contributed by atoms with van der Waals surface area (Å²) < 4.78 is 0. The van der Waals surface area contributed by atoms with Gasteiger partial charge < -0.3 is 10.2 Å². The fraction of sp³-hybridized carbons (Fsp3) is 1.00. The quantitative estimate of drug-likeness (QED) is 0.524. The minimum absolute atomic E-state index is 0.108. The number of aliphatic hydroxyl groups is 2. The Kier molecular flexibility index (Phi) is 1.75. The van der Waals surface area contributed by atoms with Crippen LogP contribution in [-0.2, 0) is 0 Å². The van der Waals surface area contributed by atoms with Crippen molar-refractivity contribution < 1.29 is 10.2 Å². The summed E-state index contributed by atoms with van der Waals surface area (Å²) in [5.41, 5.74) is 0. The summed E-state index contributed by atoms with van der Waals surface area (Å²) in [5, 5.41) is 17.3. The number of hydrogen-bond donors (Lipinski definition) is 2. The molecule has 0 bridgehead atoms. The molecule has 3 heteroatoms. The minimum Gasteiger partial charge on any atom is -0.394 e. The number of halogens is 1. The third-order valence-corrected chi connectivity index (χ3v) is 1.94. The Bertz CT molecular complexity index is 84.5. The van der Waals surface area contributed by atoms with E-state index in [4.69, 9.17) is 21.8 Å². The lowest BCUT2D eigenvalue weighted by atomic mass is 10.2. The van der Waals surface area contributed by atoms with Gasteiger partial charge in [-0.2, -0.15) is 0 Å². The highest BCUT2D eigenvalue weighted by Gasteiger charge is 2.40. The number of alkyl halides is 1. The highest BCUT2D eigenvalue weighted by molar-refractivity contribution is 6.22. The average molecular weight is 137 g/mol. The average Bonchev–Trinajstić information content (AvgIpc) is 2.45. The smallest absolute Gasteiger partial charge is 0.0813 e. The van der Waals surface area contributed by atoms with Crippen LogP contribution >= 0.6 is 11.6 Å². The van der Waals surface area contributed by atoms with Gasteiger partial charge in [0.2, 0.25) is 0 Å². The molecule has 8 heavy (non-hydrogen) atoms. The number of hydrogen-bond acceptors (Lipinski definition) is 2. The van der Waals surface area contributed by atoms with Gasteiger partial charge >= 0.3 is 0 Å². The van der Waals surface area contributed by atoms with Crippen LogP contribution in [0.1, 0.15) is 6.42 Å². The molecule has 0 aromatic carbocycles. The van der Waals surface area contributed by atoms with E-state index in [9.17, 15) is 0 Å². The Morgan fingerprint density at radius 1 is 1.75 bits per heavy atom. The molecular weight excluding hydrogens is 128 g/mol. The van der Waals surface area contributed by atoms with Gasteiger partial charge in [-0.05, 0) is 6.42 Å². The number of rotatable bonds is 2. The van der Waals surface area contributed by atoms with E-state index >= 15 is 0 Å². The molecule has 0 heterocycles. The summed E-state index contributed by atoms with van der Waals surface area (Å²) in [6.45, 7) is -0.159. The molecule has 2 nitrogen and oxygen atoms in total. The molecule has 1 rings (SSSR count). The minimum atomic E-state index is -0.586. The second kappa shape index (κ2) is 2.21. The zero-order chi connectivity index (χ0) is 6.15. The summed E-state index contributed by atoms with van der Waals surface area (Å²) in [6.07, 6.45) is 0.265. The lowest BCUT2D eigenvalue weighted by molar-refractivity contribution is 0.0784. The Balaban J connectivity index is 2.18. The molecule has 1 aliphatic carbocycles. The first kappa shape index (κ1) is 6.33. The van der Waals surface area contributed by atoms with Crippen LogP contribution in [0.4, 0.5) is 0 Å². The van der Waals surface area contributed by atoms with Crippen LogP contribution < -0.4 is 0 Å². The highest BCUT2D eigenvalue weighted by Crippen LogP contribution is 2.38. The molecule has 0 aromatic rings. The summed E-state index contributed by atoms with van der Waals surface area (Å²) in [7, 11) is 0. The standard InChI is InChI=1S/C5H9ClO2/c6-4-1-3(4)5(8)2-7/h3-5,7-8H,1-2H2/t3-,4-,5-/m0/s1. The van der Waals surface area contributed by atoms with E-state index in [1.807, 2.05) is 0 Å². The van der Waals surface area contributed by atoms with Crippen LogP contribution in [0, 0.1) is 5.92 Å². The molecule has 0 radical (unpaired) electrons. The fourth-order valence-electron chi connectivity index (χ4n) is 0.715. The first-order chi connectivity index (χ1) is 3.75. The summed E-state index contributed by atoms with van der Waals surface area (Å²) in [4.78, 5) is 0. The SMILES string of the molecule is OC[C@H](O)[C@H]1C[C@@H]1Cl. The van der Waals surface area contributed by atoms with Crippen molar-refractivity contribution in [3.63, 3.8) is 0 Å². The van der Waals surface area contributed by atoms with Crippen LogP contribution in [-0.4, -0.2) is 28.3 Å². The van der Waals surface area contributed by atoms with Crippen molar-refractivity contribution in [3.8, 4) is 0 Å². The van der Waals surface area contributed by atoms with E-state index in [0.29, 0.717) is 0 Å². The Labute approximate surface area is 53.1 Å². The summed E-state index contributed by atoms with van der Waals surface area (Å²) >= 11 is 5.55. The lowest BCUT2D eigenvalue weighted by Crippen LogP contribution is -2.15. The van der Waals surface area contributed by atoms with Gasteiger partial charge in [-0.3, -0.25) is 0 Å². The van der Waals surface area contributed by atoms with E-state index < -0.39 is 6.10 Å². The van der Waals surface area contributed by atoms with Crippen molar-refractivity contribution in [1.29, 1.82) is 0 Å². The molecule has 1 aliphatic rings. The maximum atomic E-state index is 8.83. The molecule has 0 amide bonds. The van der Waals surface area contributed by atoms with Crippen molar-refractivity contribution in [3.05, 3.63) is 0 Å². The van der Waals surface area contributed by atoms with E-state index in [0.717, 1.165) is 6.42 Å². The van der Waals surface area contributed by atoms with Gasteiger partial charge in [0, 0.05) is 11.3 Å². The topological polar surface area (TPSA) is 40.5 Å². The van der Waals surface area contributed by atoms with E-state index in [-0.39, 0.29) is 17.9 Å². The van der Waals surface area contributed by atoms with Gasteiger partial charge in [0.05, 0.1) is 12.7 Å². The van der Waals surface area contributed by atoms with Crippen molar-refractivity contribution in [1.82, 2.24) is 0 Å². The van der Waals surface area contributed by atoms with Gasteiger partial charge in [0.1, 0.15) is 0 Å². The summed E-state index contributed by atoms with van der Waals surface area (Å²) in [6, 6.07) is 0. The zero-order valence-electron chi connectivity index (χ0n) is 4.42. The normalized spacial score (nSPS) is 39.4. The number of aliphatic hydroxyl groups excluding tert-OH is 2. The molecule has 0 aromatic heterocycles. The van der Waals surface area contributed by atoms with E-state index in [1.54, 1.807) is 0 Å². The second-order valence-corrected chi connectivity index (χ2v) is 2.73. The molecule has 0 aliphatic heterocycles. The first-order valence-electron chi connectivity index (χ1n) is 2.68. The van der Waals surface area contributed by atoms with Crippen LogP contribution in [0.2, 0.25) is 0 Å². The predicted molar refractivity (Wildman–Crippen MR) is 30.8 cm³/mol. The molecular formula is C5H9ClO2. The van der Waals surface area contributed by atoms with Crippen molar-refractivity contribution in [2.45, 2.75) is 17.9 Å². The third-order valence-electron chi connectivity index (χ3n) is 1.44. The van der Waals surface area contributed by atoms with Crippen LogP contribution in [0.15, 0.2) is 0 Å². The molecule has 1 saturated carbocycles. The first-order valence-corrected chi connectivity index (χ1v) is 3.12. The van der Waals surface area contributed by atoms with E-state index in [2.05, 4.69) is 0 Å². The summed E-state index contributed by atoms with van der Waals surface area (Å²) in [5.74, 6) is 0.154. The van der Waals surface area contributed by atoms with Crippen LogP contribution in [0.25, 0.3) is 0 Å². The van der Waals surface area contributed by atoms with Crippen LogP contribution in [0.5, 0.6) is 0 Å². The Morgan fingerprint density at radius 3 is 2.38 bits per heavy atom. The van der Waals surface area contributed by atoms with Gasteiger partial charge in [-0.1, -0.05) is 0 Å². The van der Waals surface area contributed by atoms with Crippen molar-refractivity contribution in [2.75, 3.05) is 6.61 Å². The molecule has 48 valence electrons. The van der Waals surface area contributed by atoms with Gasteiger partial charge in [0.15, 0.2) is 0 Å². The van der Waals surface area contributed by atoms with Crippen molar-refractivity contribution in [2.24, 2.45) is 5.92 Å².